The van der Waals surface area contributed by atoms with E-state index in [0.717, 1.165) is 38.5 Å². The zero-order valence-corrected chi connectivity index (χ0v) is 12.1. The van der Waals surface area contributed by atoms with Gasteiger partial charge in [-0.1, -0.05) is 6.92 Å². The van der Waals surface area contributed by atoms with Gasteiger partial charge in [0.2, 0.25) is 0 Å². The average molecular weight is 264 g/mol. The second-order valence-corrected chi connectivity index (χ2v) is 5.37. The van der Waals surface area contributed by atoms with Crippen LogP contribution < -0.4 is 5.32 Å². The third-order valence-electron chi connectivity index (χ3n) is 3.82. The van der Waals surface area contributed by atoms with Gasteiger partial charge in [0.15, 0.2) is 0 Å². The lowest BCUT2D eigenvalue weighted by molar-refractivity contribution is -0.0242. The number of likely N-dealkylation sites (N-methyl/N-ethyl adjacent to an activating group) is 1. The maximum atomic E-state index is 5.45. The summed E-state index contributed by atoms with van der Waals surface area (Å²) in [6.45, 7) is 11.1. The minimum absolute atomic E-state index is 0.0180. The fourth-order valence-corrected chi connectivity index (χ4v) is 2.70. The summed E-state index contributed by atoms with van der Waals surface area (Å²) in [4.78, 5) is 11.1. The first-order valence-electron chi connectivity index (χ1n) is 6.98. The van der Waals surface area contributed by atoms with Crippen molar-refractivity contribution >= 4 is 0 Å². The summed E-state index contributed by atoms with van der Waals surface area (Å²) in [5, 5.41) is 3.55. The molecule has 19 heavy (non-hydrogen) atoms. The number of nitrogens with one attached hydrogen (secondary N) is 1. The van der Waals surface area contributed by atoms with Gasteiger partial charge in [-0.05, 0) is 20.4 Å². The van der Waals surface area contributed by atoms with Crippen molar-refractivity contribution in [2.24, 2.45) is 0 Å². The Balaban J connectivity index is 2.21. The Morgan fingerprint density at radius 1 is 1.37 bits per heavy atom. The number of rotatable bonds is 5. The molecule has 2 rings (SSSR count). The molecule has 1 saturated heterocycles. The Labute approximate surface area is 115 Å². The molecule has 0 bridgehead atoms. The van der Waals surface area contributed by atoms with Gasteiger partial charge < -0.3 is 10.1 Å². The fraction of sp³-hybridized carbons (Fsp3) is 0.714. The number of morpholine rings is 1. The normalized spacial score (nSPS) is 19.3. The Hall–Kier alpha value is -1.04. The molecule has 106 valence electrons. The fourth-order valence-electron chi connectivity index (χ4n) is 2.70. The van der Waals surface area contributed by atoms with E-state index in [1.807, 2.05) is 6.20 Å². The van der Waals surface area contributed by atoms with E-state index in [0.29, 0.717) is 0 Å². The molecular formula is C14H24N4O. The number of nitrogens with zero attached hydrogens (tertiary/aromatic N) is 3. The molecule has 0 spiro atoms. The molecule has 1 aliphatic rings. The van der Waals surface area contributed by atoms with E-state index < -0.39 is 0 Å². The first-order valence-corrected chi connectivity index (χ1v) is 6.98. The van der Waals surface area contributed by atoms with Gasteiger partial charge in [-0.15, -0.1) is 0 Å². The van der Waals surface area contributed by atoms with Crippen molar-refractivity contribution in [1.82, 2.24) is 20.2 Å². The Kier molecular flexibility index (Phi) is 4.85. The van der Waals surface area contributed by atoms with Crippen molar-refractivity contribution in [2.45, 2.75) is 32.4 Å². The van der Waals surface area contributed by atoms with Gasteiger partial charge in [0.1, 0.15) is 0 Å². The van der Waals surface area contributed by atoms with E-state index in [1.165, 1.54) is 0 Å². The number of hydrogen-bond donors (Lipinski definition) is 1. The molecule has 0 saturated carbocycles. The van der Waals surface area contributed by atoms with Crippen LogP contribution in [-0.4, -0.2) is 53.3 Å². The minimum atomic E-state index is -0.0180. The van der Waals surface area contributed by atoms with Crippen molar-refractivity contribution in [2.75, 3.05) is 32.8 Å². The van der Waals surface area contributed by atoms with Crippen LogP contribution in [0, 0.1) is 0 Å². The quantitative estimate of drug-likeness (QED) is 0.867. The van der Waals surface area contributed by atoms with Crippen LogP contribution in [0.2, 0.25) is 0 Å². The average Bonchev–Trinajstić information content (AvgIpc) is 2.46. The summed E-state index contributed by atoms with van der Waals surface area (Å²) in [7, 11) is 0. The van der Waals surface area contributed by atoms with Gasteiger partial charge in [0.25, 0.3) is 0 Å². The van der Waals surface area contributed by atoms with Crippen LogP contribution in [0.4, 0.5) is 0 Å². The van der Waals surface area contributed by atoms with Gasteiger partial charge >= 0.3 is 0 Å². The van der Waals surface area contributed by atoms with Crippen LogP contribution >= 0.6 is 0 Å². The van der Waals surface area contributed by atoms with Crippen molar-refractivity contribution in [1.29, 1.82) is 0 Å². The number of aromatic nitrogens is 2. The predicted molar refractivity (Wildman–Crippen MR) is 74.9 cm³/mol. The summed E-state index contributed by atoms with van der Waals surface area (Å²) in [5.74, 6) is 0. The molecule has 0 aliphatic carbocycles. The predicted octanol–water partition coefficient (Wildman–Crippen LogP) is 1.24. The van der Waals surface area contributed by atoms with Crippen LogP contribution in [0.5, 0.6) is 0 Å². The van der Waals surface area contributed by atoms with E-state index in [2.05, 4.69) is 41.0 Å². The molecule has 1 atom stereocenters. The van der Waals surface area contributed by atoms with Crippen molar-refractivity contribution in [3.8, 4) is 0 Å². The van der Waals surface area contributed by atoms with Crippen LogP contribution in [-0.2, 0) is 4.74 Å². The molecule has 0 aromatic carbocycles. The smallest absolute Gasteiger partial charge is 0.0774 e. The van der Waals surface area contributed by atoms with Gasteiger partial charge in [0.05, 0.1) is 31.1 Å². The monoisotopic (exact) mass is 264 g/mol. The zero-order valence-electron chi connectivity index (χ0n) is 12.1. The lowest BCUT2D eigenvalue weighted by Gasteiger charge is -2.45. The molecule has 1 aromatic rings. The largest absolute Gasteiger partial charge is 0.379 e. The van der Waals surface area contributed by atoms with Crippen molar-refractivity contribution in [3.63, 3.8) is 0 Å². The minimum Gasteiger partial charge on any atom is -0.379 e. The first kappa shape index (κ1) is 14.4. The van der Waals surface area contributed by atoms with Gasteiger partial charge in [0, 0.05) is 31.0 Å². The molecule has 1 fully saturated rings. The van der Waals surface area contributed by atoms with Crippen LogP contribution in [0.1, 0.15) is 32.5 Å². The molecular weight excluding hydrogens is 240 g/mol. The molecule has 5 nitrogen and oxygen atoms in total. The summed E-state index contributed by atoms with van der Waals surface area (Å²) in [5.41, 5.74) is 0.983. The van der Waals surface area contributed by atoms with E-state index in [1.54, 1.807) is 12.4 Å². The van der Waals surface area contributed by atoms with Crippen LogP contribution in [0.25, 0.3) is 0 Å². The van der Waals surface area contributed by atoms with Crippen molar-refractivity contribution < 1.29 is 4.74 Å². The second-order valence-electron chi connectivity index (χ2n) is 5.37. The summed E-state index contributed by atoms with van der Waals surface area (Å²) < 4.78 is 5.45. The third kappa shape index (κ3) is 3.29. The lowest BCUT2D eigenvalue weighted by atomic mass is 9.89. The second kappa shape index (κ2) is 6.41. The third-order valence-corrected chi connectivity index (χ3v) is 3.82. The molecule has 0 radical (unpaired) electrons. The highest BCUT2D eigenvalue weighted by molar-refractivity contribution is 5.11. The summed E-state index contributed by atoms with van der Waals surface area (Å²) >= 11 is 0. The topological polar surface area (TPSA) is 50.3 Å². The zero-order chi connectivity index (χ0) is 13.7. The highest BCUT2D eigenvalue weighted by Gasteiger charge is 2.37. The Morgan fingerprint density at radius 2 is 2.11 bits per heavy atom. The lowest BCUT2D eigenvalue weighted by Crippen LogP contribution is -2.56. The summed E-state index contributed by atoms with van der Waals surface area (Å²) in [6, 6.07) is 0.171. The molecule has 1 N–H and O–H groups in total. The van der Waals surface area contributed by atoms with Crippen LogP contribution in [0.15, 0.2) is 18.6 Å². The van der Waals surface area contributed by atoms with Crippen LogP contribution in [0.3, 0.4) is 0 Å². The highest BCUT2D eigenvalue weighted by Crippen LogP contribution is 2.30. The number of ether oxygens (including phenoxy) is 1. The highest BCUT2D eigenvalue weighted by atomic mass is 16.5. The molecule has 2 heterocycles. The van der Waals surface area contributed by atoms with E-state index in [9.17, 15) is 0 Å². The van der Waals surface area contributed by atoms with Crippen molar-refractivity contribution in [3.05, 3.63) is 24.3 Å². The van der Waals surface area contributed by atoms with E-state index >= 15 is 0 Å². The Morgan fingerprint density at radius 3 is 2.68 bits per heavy atom. The number of hydrogen-bond acceptors (Lipinski definition) is 5. The maximum Gasteiger partial charge on any atom is 0.0774 e. The van der Waals surface area contributed by atoms with E-state index in [-0.39, 0.29) is 11.6 Å². The molecule has 0 amide bonds. The summed E-state index contributed by atoms with van der Waals surface area (Å²) in [6.07, 6.45) is 5.33. The molecule has 1 aliphatic heterocycles. The standard InChI is InChI=1S/C14H24N4O/c1-4-16-13(12-11-15-5-6-17-12)14(2,3)18-7-9-19-10-8-18/h5-6,11,13,16H,4,7-10H2,1-3H3. The molecule has 1 aromatic heterocycles. The maximum absolute atomic E-state index is 5.45. The van der Waals surface area contributed by atoms with Gasteiger partial charge in [-0.2, -0.15) is 0 Å². The molecule has 1 unspecified atom stereocenters. The molecule has 5 heteroatoms. The first-order chi connectivity index (χ1) is 9.16. The van der Waals surface area contributed by atoms with Gasteiger partial charge in [-0.25, -0.2) is 0 Å². The van der Waals surface area contributed by atoms with E-state index in [4.69, 9.17) is 4.74 Å². The Bertz CT molecular complexity index is 376. The SMILES string of the molecule is CCNC(c1cnccn1)C(C)(C)N1CCOCC1. The van der Waals surface area contributed by atoms with Gasteiger partial charge in [-0.3, -0.25) is 14.9 Å².